The molecule has 2 unspecified atom stereocenters. The SMILES string of the molecule is C=Cc1c(C2C=Cc3c(cc(OC)c(OC)c3Cc3ccccc3)C2C)ccc2c1OCO2. The van der Waals surface area contributed by atoms with Crippen LogP contribution >= 0.6 is 0 Å². The quantitative estimate of drug-likeness (QED) is 0.434. The first-order valence-corrected chi connectivity index (χ1v) is 11.2. The Hall–Kier alpha value is -3.66. The molecule has 0 spiro atoms. The predicted molar refractivity (Wildman–Crippen MR) is 132 cm³/mol. The van der Waals surface area contributed by atoms with Gasteiger partial charge in [-0.1, -0.05) is 68.1 Å². The summed E-state index contributed by atoms with van der Waals surface area (Å²) >= 11 is 0. The van der Waals surface area contributed by atoms with E-state index >= 15 is 0 Å². The molecule has 2 aliphatic rings. The van der Waals surface area contributed by atoms with Crippen molar-refractivity contribution < 1.29 is 18.9 Å². The summed E-state index contributed by atoms with van der Waals surface area (Å²) in [6, 6.07) is 16.7. The van der Waals surface area contributed by atoms with Gasteiger partial charge in [-0.2, -0.15) is 0 Å². The molecular formula is C29H28O4. The molecule has 0 amide bonds. The zero-order valence-corrected chi connectivity index (χ0v) is 19.3. The van der Waals surface area contributed by atoms with Gasteiger partial charge in [0.1, 0.15) is 0 Å². The Morgan fingerprint density at radius 2 is 1.85 bits per heavy atom. The lowest BCUT2D eigenvalue weighted by molar-refractivity contribution is 0.173. The van der Waals surface area contributed by atoms with Crippen LogP contribution in [0.5, 0.6) is 23.0 Å². The molecule has 1 aliphatic carbocycles. The Bertz CT molecular complexity index is 1230. The Balaban J connectivity index is 1.63. The first kappa shape index (κ1) is 21.2. The smallest absolute Gasteiger partial charge is 0.231 e. The molecule has 3 aromatic rings. The lowest BCUT2D eigenvalue weighted by Gasteiger charge is -2.31. The molecule has 33 heavy (non-hydrogen) atoms. The highest BCUT2D eigenvalue weighted by Gasteiger charge is 2.31. The summed E-state index contributed by atoms with van der Waals surface area (Å²) in [5.41, 5.74) is 7.02. The summed E-state index contributed by atoms with van der Waals surface area (Å²) in [7, 11) is 3.41. The van der Waals surface area contributed by atoms with E-state index in [2.05, 4.69) is 62.1 Å². The fourth-order valence-electron chi connectivity index (χ4n) is 5.10. The van der Waals surface area contributed by atoms with Crippen LogP contribution in [0.15, 0.2) is 61.2 Å². The van der Waals surface area contributed by atoms with E-state index in [1.807, 2.05) is 18.2 Å². The van der Waals surface area contributed by atoms with Crippen LogP contribution in [-0.2, 0) is 6.42 Å². The third-order valence-electron chi connectivity index (χ3n) is 6.74. The maximum absolute atomic E-state index is 5.84. The highest BCUT2D eigenvalue weighted by atomic mass is 16.7. The second kappa shape index (κ2) is 8.70. The lowest BCUT2D eigenvalue weighted by Crippen LogP contribution is -2.15. The summed E-state index contributed by atoms with van der Waals surface area (Å²) in [6.07, 6.45) is 7.16. The number of hydrogen-bond acceptors (Lipinski definition) is 4. The molecule has 0 bridgehead atoms. The molecule has 0 saturated heterocycles. The summed E-state index contributed by atoms with van der Waals surface area (Å²) in [4.78, 5) is 0. The second-order valence-electron chi connectivity index (χ2n) is 8.44. The molecular weight excluding hydrogens is 412 g/mol. The molecule has 1 heterocycles. The van der Waals surface area contributed by atoms with E-state index in [1.54, 1.807) is 14.2 Å². The van der Waals surface area contributed by atoms with E-state index in [0.29, 0.717) is 0 Å². The maximum atomic E-state index is 5.84. The summed E-state index contributed by atoms with van der Waals surface area (Å²) in [5.74, 6) is 3.51. The number of ether oxygens (including phenoxy) is 4. The molecule has 4 nitrogen and oxygen atoms in total. The fraction of sp³-hybridized carbons (Fsp3) is 0.241. The molecule has 0 N–H and O–H groups in total. The van der Waals surface area contributed by atoms with Crippen LogP contribution in [0.1, 0.15) is 52.1 Å². The second-order valence-corrected chi connectivity index (χ2v) is 8.44. The predicted octanol–water partition coefficient (Wildman–Crippen LogP) is 6.58. The standard InChI is InChI=1S/C29H28O4/c1-5-20-22(13-14-26-29(20)33-17-32-26)21-11-12-23-24(18(21)2)16-27(30-3)28(31-4)25(23)15-19-9-7-6-8-10-19/h5-14,16,18,21H,1,15,17H2,2-4H3. The molecule has 2 atom stereocenters. The minimum atomic E-state index is 0.169. The van der Waals surface area contributed by atoms with E-state index in [0.717, 1.165) is 40.5 Å². The van der Waals surface area contributed by atoms with Gasteiger partial charge < -0.3 is 18.9 Å². The van der Waals surface area contributed by atoms with Gasteiger partial charge in [-0.15, -0.1) is 0 Å². The summed E-state index contributed by atoms with van der Waals surface area (Å²) in [6.45, 7) is 6.56. The summed E-state index contributed by atoms with van der Waals surface area (Å²) in [5, 5.41) is 0. The van der Waals surface area contributed by atoms with Crippen LogP contribution < -0.4 is 18.9 Å². The molecule has 5 rings (SSSR count). The summed E-state index contributed by atoms with van der Waals surface area (Å²) < 4.78 is 22.9. The van der Waals surface area contributed by atoms with Crippen LogP contribution in [0.3, 0.4) is 0 Å². The molecule has 0 radical (unpaired) electrons. The van der Waals surface area contributed by atoms with Crippen molar-refractivity contribution in [3.8, 4) is 23.0 Å². The highest BCUT2D eigenvalue weighted by molar-refractivity contribution is 5.73. The Labute approximate surface area is 195 Å². The number of benzene rings is 3. The van der Waals surface area contributed by atoms with E-state index in [9.17, 15) is 0 Å². The average molecular weight is 441 g/mol. The minimum absolute atomic E-state index is 0.169. The van der Waals surface area contributed by atoms with Gasteiger partial charge in [0.05, 0.1) is 14.2 Å². The lowest BCUT2D eigenvalue weighted by atomic mass is 9.74. The van der Waals surface area contributed by atoms with Gasteiger partial charge in [-0.25, -0.2) is 0 Å². The van der Waals surface area contributed by atoms with E-state index in [-0.39, 0.29) is 18.6 Å². The first-order valence-electron chi connectivity index (χ1n) is 11.2. The maximum Gasteiger partial charge on any atom is 0.231 e. The van der Waals surface area contributed by atoms with Gasteiger partial charge in [0.25, 0.3) is 0 Å². The van der Waals surface area contributed by atoms with E-state index in [1.165, 1.54) is 22.3 Å². The normalized spacial score (nSPS) is 18.0. The Morgan fingerprint density at radius 3 is 2.58 bits per heavy atom. The molecule has 0 aromatic heterocycles. The Morgan fingerprint density at radius 1 is 1.03 bits per heavy atom. The minimum Gasteiger partial charge on any atom is -0.493 e. The zero-order chi connectivity index (χ0) is 22.9. The van der Waals surface area contributed by atoms with Crippen molar-refractivity contribution in [2.45, 2.75) is 25.2 Å². The van der Waals surface area contributed by atoms with Crippen molar-refractivity contribution in [3.05, 3.63) is 94.6 Å². The van der Waals surface area contributed by atoms with Crippen LogP contribution in [0.4, 0.5) is 0 Å². The third kappa shape index (κ3) is 3.56. The van der Waals surface area contributed by atoms with Crippen molar-refractivity contribution in [3.63, 3.8) is 0 Å². The third-order valence-corrected chi connectivity index (χ3v) is 6.74. The molecule has 0 fully saturated rings. The largest absolute Gasteiger partial charge is 0.493 e. The molecule has 1 aliphatic heterocycles. The van der Waals surface area contributed by atoms with Crippen molar-refractivity contribution in [1.29, 1.82) is 0 Å². The number of methoxy groups -OCH3 is 2. The monoisotopic (exact) mass is 440 g/mol. The molecule has 0 saturated carbocycles. The highest BCUT2D eigenvalue weighted by Crippen LogP contribution is 2.50. The van der Waals surface area contributed by atoms with E-state index < -0.39 is 0 Å². The van der Waals surface area contributed by atoms with Gasteiger partial charge in [0.2, 0.25) is 6.79 Å². The van der Waals surface area contributed by atoms with Crippen molar-refractivity contribution >= 4 is 12.2 Å². The van der Waals surface area contributed by atoms with Gasteiger partial charge in [0, 0.05) is 23.5 Å². The van der Waals surface area contributed by atoms with Crippen molar-refractivity contribution in [2.24, 2.45) is 0 Å². The number of fused-ring (bicyclic) bond motifs is 2. The van der Waals surface area contributed by atoms with E-state index in [4.69, 9.17) is 18.9 Å². The number of rotatable bonds is 6. The van der Waals surface area contributed by atoms with Crippen molar-refractivity contribution in [2.75, 3.05) is 21.0 Å². The van der Waals surface area contributed by atoms with Crippen LogP contribution in [0, 0.1) is 0 Å². The molecule has 168 valence electrons. The number of allylic oxidation sites excluding steroid dienone is 1. The Kier molecular flexibility index (Phi) is 5.59. The number of hydrogen-bond donors (Lipinski definition) is 0. The van der Waals surface area contributed by atoms with Crippen molar-refractivity contribution in [1.82, 2.24) is 0 Å². The first-order chi connectivity index (χ1) is 16.2. The van der Waals surface area contributed by atoms with Crippen LogP contribution in [0.2, 0.25) is 0 Å². The average Bonchev–Trinajstić information content (AvgIpc) is 3.33. The van der Waals surface area contributed by atoms with Gasteiger partial charge in [0.15, 0.2) is 23.0 Å². The van der Waals surface area contributed by atoms with Gasteiger partial charge in [-0.05, 0) is 40.3 Å². The topological polar surface area (TPSA) is 36.9 Å². The van der Waals surface area contributed by atoms with Crippen LogP contribution in [0.25, 0.3) is 12.2 Å². The fourth-order valence-corrected chi connectivity index (χ4v) is 5.10. The van der Waals surface area contributed by atoms with Gasteiger partial charge in [-0.3, -0.25) is 0 Å². The zero-order valence-electron chi connectivity index (χ0n) is 19.3. The van der Waals surface area contributed by atoms with Gasteiger partial charge >= 0.3 is 0 Å². The van der Waals surface area contributed by atoms with Crippen LogP contribution in [-0.4, -0.2) is 21.0 Å². The molecule has 3 aromatic carbocycles. The molecule has 4 heteroatoms.